The number of carbonyl (C=O) groups excluding carboxylic acids is 2. The zero-order valence-electron chi connectivity index (χ0n) is 11.8. The van der Waals surface area contributed by atoms with Gasteiger partial charge < -0.3 is 9.64 Å². The molecule has 1 amide bonds. The highest BCUT2D eigenvalue weighted by atomic mass is 16.5. The number of esters is 1. The van der Waals surface area contributed by atoms with E-state index < -0.39 is 0 Å². The van der Waals surface area contributed by atoms with Crippen LogP contribution in [-0.2, 0) is 14.3 Å². The first-order valence-corrected chi connectivity index (χ1v) is 7.01. The molecule has 104 valence electrons. The smallest absolute Gasteiger partial charge is 0.307 e. The summed E-state index contributed by atoms with van der Waals surface area (Å²) < 4.78 is 4.72. The quantitative estimate of drug-likeness (QED) is 0.708. The van der Waals surface area contributed by atoms with Crippen molar-refractivity contribution in [3.63, 3.8) is 0 Å². The van der Waals surface area contributed by atoms with Gasteiger partial charge >= 0.3 is 5.97 Å². The molecule has 1 heterocycles. The molecule has 0 aromatic rings. The highest BCUT2D eigenvalue weighted by Crippen LogP contribution is 2.24. The van der Waals surface area contributed by atoms with E-state index in [0.29, 0.717) is 6.42 Å². The Morgan fingerprint density at radius 3 is 2.50 bits per heavy atom. The summed E-state index contributed by atoms with van der Waals surface area (Å²) in [4.78, 5) is 25.7. The number of hydrogen-bond donors (Lipinski definition) is 0. The molecular formula is C14H25NO3. The van der Waals surface area contributed by atoms with Crippen LogP contribution in [0.1, 0.15) is 52.4 Å². The summed E-state index contributed by atoms with van der Waals surface area (Å²) >= 11 is 0. The van der Waals surface area contributed by atoms with Gasteiger partial charge in [-0.1, -0.05) is 13.8 Å². The van der Waals surface area contributed by atoms with Gasteiger partial charge in [0, 0.05) is 18.5 Å². The molecule has 0 spiro atoms. The standard InChI is InChI=1S/C14H25NO3/c1-4-11(5-2)14(17)15-9-7-6-8-12(15)10-13(16)18-3/h11-12H,4-10H2,1-3H3. The number of methoxy groups -OCH3 is 1. The molecule has 1 saturated heterocycles. The van der Waals surface area contributed by atoms with Gasteiger partial charge in [0.25, 0.3) is 0 Å². The van der Waals surface area contributed by atoms with E-state index in [1.165, 1.54) is 7.11 Å². The molecule has 1 unspecified atom stereocenters. The molecule has 1 aliphatic rings. The molecule has 0 bridgehead atoms. The maximum atomic E-state index is 12.4. The fourth-order valence-corrected chi connectivity index (χ4v) is 2.65. The van der Waals surface area contributed by atoms with E-state index in [9.17, 15) is 9.59 Å². The third kappa shape index (κ3) is 3.72. The Bertz CT molecular complexity index is 287. The third-order valence-electron chi connectivity index (χ3n) is 3.88. The lowest BCUT2D eigenvalue weighted by Crippen LogP contribution is -2.47. The monoisotopic (exact) mass is 255 g/mol. The number of likely N-dealkylation sites (tertiary alicyclic amines) is 1. The van der Waals surface area contributed by atoms with Crippen LogP contribution in [0.3, 0.4) is 0 Å². The van der Waals surface area contributed by atoms with Crippen molar-refractivity contribution in [3.8, 4) is 0 Å². The van der Waals surface area contributed by atoms with E-state index in [2.05, 4.69) is 0 Å². The van der Waals surface area contributed by atoms with E-state index in [-0.39, 0.29) is 23.8 Å². The number of hydrogen-bond acceptors (Lipinski definition) is 3. The van der Waals surface area contributed by atoms with Crippen molar-refractivity contribution >= 4 is 11.9 Å². The molecule has 1 fully saturated rings. The molecule has 0 aliphatic carbocycles. The largest absolute Gasteiger partial charge is 0.469 e. The second kappa shape index (κ2) is 7.39. The van der Waals surface area contributed by atoms with Crippen LogP contribution in [0.2, 0.25) is 0 Å². The number of amides is 1. The highest BCUT2D eigenvalue weighted by Gasteiger charge is 2.31. The Morgan fingerprint density at radius 2 is 1.94 bits per heavy atom. The van der Waals surface area contributed by atoms with Crippen molar-refractivity contribution in [1.29, 1.82) is 0 Å². The Morgan fingerprint density at radius 1 is 1.28 bits per heavy atom. The minimum atomic E-state index is -0.218. The van der Waals surface area contributed by atoms with Gasteiger partial charge in [-0.25, -0.2) is 0 Å². The first-order valence-electron chi connectivity index (χ1n) is 7.01. The lowest BCUT2D eigenvalue weighted by molar-refractivity contribution is -0.146. The van der Waals surface area contributed by atoms with Gasteiger partial charge in [-0.15, -0.1) is 0 Å². The van der Waals surface area contributed by atoms with E-state index in [1.54, 1.807) is 0 Å². The summed E-state index contributed by atoms with van der Waals surface area (Å²) in [6.07, 6.45) is 5.13. The van der Waals surface area contributed by atoms with Gasteiger partial charge in [-0.05, 0) is 32.1 Å². The average Bonchev–Trinajstić information content (AvgIpc) is 2.40. The van der Waals surface area contributed by atoms with E-state index in [4.69, 9.17) is 4.74 Å². The lowest BCUT2D eigenvalue weighted by Gasteiger charge is -2.37. The molecule has 1 atom stereocenters. The van der Waals surface area contributed by atoms with Gasteiger partial charge in [-0.3, -0.25) is 9.59 Å². The summed E-state index contributed by atoms with van der Waals surface area (Å²) in [6, 6.07) is 0.0410. The van der Waals surface area contributed by atoms with Gasteiger partial charge in [0.2, 0.25) is 5.91 Å². The van der Waals surface area contributed by atoms with Crippen LogP contribution in [0, 0.1) is 5.92 Å². The van der Waals surface area contributed by atoms with E-state index >= 15 is 0 Å². The first-order chi connectivity index (χ1) is 8.63. The number of rotatable bonds is 5. The van der Waals surface area contributed by atoms with Crippen LogP contribution in [0.15, 0.2) is 0 Å². The summed E-state index contributed by atoms with van der Waals surface area (Å²) in [5.74, 6) is 0.0982. The summed E-state index contributed by atoms with van der Waals surface area (Å²) in [5, 5.41) is 0. The van der Waals surface area contributed by atoms with Crippen LogP contribution < -0.4 is 0 Å². The molecule has 0 aromatic carbocycles. The van der Waals surface area contributed by atoms with Crippen LogP contribution in [-0.4, -0.2) is 36.5 Å². The Kier molecular flexibility index (Phi) is 6.16. The van der Waals surface area contributed by atoms with Gasteiger partial charge in [-0.2, -0.15) is 0 Å². The van der Waals surface area contributed by atoms with Crippen LogP contribution in [0.25, 0.3) is 0 Å². The second-order valence-electron chi connectivity index (χ2n) is 4.97. The third-order valence-corrected chi connectivity index (χ3v) is 3.88. The van der Waals surface area contributed by atoms with Gasteiger partial charge in [0.1, 0.15) is 0 Å². The van der Waals surface area contributed by atoms with Crippen molar-refractivity contribution in [3.05, 3.63) is 0 Å². The molecule has 18 heavy (non-hydrogen) atoms. The van der Waals surface area contributed by atoms with Crippen LogP contribution >= 0.6 is 0 Å². The Labute approximate surface area is 110 Å². The topological polar surface area (TPSA) is 46.6 Å². The number of piperidine rings is 1. The van der Waals surface area contributed by atoms with Crippen LogP contribution in [0.5, 0.6) is 0 Å². The van der Waals surface area contributed by atoms with Crippen molar-refractivity contribution < 1.29 is 14.3 Å². The van der Waals surface area contributed by atoms with Crippen molar-refractivity contribution in [1.82, 2.24) is 4.90 Å². The number of nitrogens with zero attached hydrogens (tertiary/aromatic N) is 1. The molecule has 0 radical (unpaired) electrons. The van der Waals surface area contributed by atoms with E-state index in [0.717, 1.165) is 38.6 Å². The molecule has 0 N–H and O–H groups in total. The molecular weight excluding hydrogens is 230 g/mol. The van der Waals surface area contributed by atoms with Crippen LogP contribution in [0.4, 0.5) is 0 Å². The molecule has 0 aromatic heterocycles. The SMILES string of the molecule is CCC(CC)C(=O)N1CCCCC1CC(=O)OC. The van der Waals surface area contributed by atoms with Gasteiger partial charge in [0.05, 0.1) is 13.5 Å². The highest BCUT2D eigenvalue weighted by molar-refractivity contribution is 5.80. The molecule has 4 nitrogen and oxygen atoms in total. The maximum Gasteiger partial charge on any atom is 0.307 e. The zero-order chi connectivity index (χ0) is 13.5. The molecule has 1 aliphatic heterocycles. The minimum Gasteiger partial charge on any atom is -0.469 e. The zero-order valence-corrected chi connectivity index (χ0v) is 11.8. The second-order valence-corrected chi connectivity index (χ2v) is 4.97. The summed E-state index contributed by atoms with van der Waals surface area (Å²) in [5.41, 5.74) is 0. The average molecular weight is 255 g/mol. The molecule has 0 saturated carbocycles. The van der Waals surface area contributed by atoms with Crippen molar-refractivity contribution in [2.24, 2.45) is 5.92 Å². The molecule has 1 rings (SSSR count). The fraction of sp³-hybridized carbons (Fsp3) is 0.857. The minimum absolute atomic E-state index is 0.0410. The number of ether oxygens (including phenoxy) is 1. The maximum absolute atomic E-state index is 12.4. The first kappa shape index (κ1) is 15.0. The summed E-state index contributed by atoms with van der Waals surface area (Å²) in [6.45, 7) is 4.88. The Hall–Kier alpha value is -1.06. The predicted octanol–water partition coefficient (Wildman–Crippen LogP) is 2.37. The van der Waals surface area contributed by atoms with E-state index in [1.807, 2.05) is 18.7 Å². The Balaban J connectivity index is 2.69. The van der Waals surface area contributed by atoms with Crippen molar-refractivity contribution in [2.45, 2.75) is 58.4 Å². The van der Waals surface area contributed by atoms with Crippen molar-refractivity contribution in [2.75, 3.05) is 13.7 Å². The fourth-order valence-electron chi connectivity index (χ4n) is 2.65. The van der Waals surface area contributed by atoms with Gasteiger partial charge in [0.15, 0.2) is 0 Å². The normalized spacial score (nSPS) is 20.0. The lowest BCUT2D eigenvalue weighted by atomic mass is 9.95. The summed E-state index contributed by atoms with van der Waals surface area (Å²) in [7, 11) is 1.40. The molecule has 4 heteroatoms. The predicted molar refractivity (Wildman–Crippen MR) is 70.1 cm³/mol. The number of carbonyl (C=O) groups is 2.